The summed E-state index contributed by atoms with van der Waals surface area (Å²) in [6.45, 7) is 2.04. The van der Waals surface area contributed by atoms with Gasteiger partial charge in [0.05, 0.1) is 25.1 Å². The van der Waals surface area contributed by atoms with Crippen LogP contribution in [0.3, 0.4) is 0 Å². The second-order valence-electron chi connectivity index (χ2n) is 6.50. The van der Waals surface area contributed by atoms with E-state index in [1.807, 2.05) is 14.1 Å². The zero-order valence-electron chi connectivity index (χ0n) is 13.3. The third-order valence-electron chi connectivity index (χ3n) is 4.56. The zero-order valence-corrected chi connectivity index (χ0v) is 14.2. The maximum absolute atomic E-state index is 12.8. The topological polar surface area (TPSA) is 67.7 Å². The Hall–Kier alpha value is -0.960. The van der Waals surface area contributed by atoms with Crippen molar-refractivity contribution in [3.63, 3.8) is 0 Å². The van der Waals surface area contributed by atoms with Gasteiger partial charge in [-0.3, -0.25) is 0 Å². The van der Waals surface area contributed by atoms with Crippen molar-refractivity contribution in [2.24, 2.45) is 13.0 Å². The summed E-state index contributed by atoms with van der Waals surface area (Å²) in [5, 5.41) is 0.134. The molecule has 3 atom stereocenters. The van der Waals surface area contributed by atoms with Gasteiger partial charge < -0.3 is 14.2 Å². The normalized spacial score (nSPS) is 28.8. The molecule has 0 spiro atoms. The molecule has 22 heavy (non-hydrogen) atoms. The summed E-state index contributed by atoms with van der Waals surface area (Å²) < 4.78 is 34.8. The van der Waals surface area contributed by atoms with E-state index in [9.17, 15) is 8.42 Å². The van der Waals surface area contributed by atoms with Gasteiger partial charge in [0.15, 0.2) is 5.03 Å². The SMILES string of the molecule is CN(C)CCOC1C2CCC1N(S(=O)(=O)c1cn(C)cn1)C2. The fourth-order valence-corrected chi connectivity index (χ4v) is 5.12. The van der Waals surface area contributed by atoms with Crippen LogP contribution in [-0.2, 0) is 21.8 Å². The Bertz CT molecular complexity index is 628. The molecule has 0 N–H and O–H groups in total. The van der Waals surface area contributed by atoms with Gasteiger partial charge in [-0.2, -0.15) is 4.31 Å². The fourth-order valence-electron chi connectivity index (χ4n) is 3.43. The largest absolute Gasteiger partial charge is 0.375 e. The van der Waals surface area contributed by atoms with Crippen LogP contribution >= 0.6 is 0 Å². The number of hydrogen-bond acceptors (Lipinski definition) is 5. The molecule has 1 aromatic rings. The zero-order chi connectivity index (χ0) is 15.9. The molecule has 1 aliphatic carbocycles. The molecule has 8 heteroatoms. The van der Waals surface area contributed by atoms with Crippen LogP contribution in [0.2, 0.25) is 0 Å². The minimum absolute atomic E-state index is 0.0263. The highest BCUT2D eigenvalue weighted by atomic mass is 32.2. The van der Waals surface area contributed by atoms with Crippen LogP contribution in [0.4, 0.5) is 0 Å². The van der Waals surface area contributed by atoms with Crippen molar-refractivity contribution >= 4 is 10.0 Å². The summed E-state index contributed by atoms with van der Waals surface area (Å²) in [4.78, 5) is 6.08. The third-order valence-corrected chi connectivity index (χ3v) is 6.34. The number of ether oxygens (including phenoxy) is 1. The minimum Gasteiger partial charge on any atom is -0.375 e. The highest BCUT2D eigenvalue weighted by Crippen LogP contribution is 2.42. The van der Waals surface area contributed by atoms with Gasteiger partial charge in [-0.05, 0) is 26.9 Å². The number of nitrogens with zero attached hydrogens (tertiary/aromatic N) is 4. The Morgan fingerprint density at radius 3 is 2.82 bits per heavy atom. The predicted octanol–water partition coefficient (Wildman–Crippen LogP) is 0.150. The van der Waals surface area contributed by atoms with E-state index < -0.39 is 10.0 Å². The van der Waals surface area contributed by atoms with Crippen molar-refractivity contribution < 1.29 is 13.2 Å². The third kappa shape index (κ3) is 2.80. The van der Waals surface area contributed by atoms with Crippen LogP contribution in [0.5, 0.6) is 0 Å². The molecule has 124 valence electrons. The van der Waals surface area contributed by atoms with Crippen LogP contribution in [0.25, 0.3) is 0 Å². The number of piperidine rings is 1. The number of imidazole rings is 1. The summed E-state index contributed by atoms with van der Waals surface area (Å²) in [5.41, 5.74) is 0. The number of hydrogen-bond donors (Lipinski definition) is 0. The first-order valence-corrected chi connectivity index (χ1v) is 9.10. The van der Waals surface area contributed by atoms with Crippen LogP contribution in [0.15, 0.2) is 17.6 Å². The quantitative estimate of drug-likeness (QED) is 0.744. The van der Waals surface area contributed by atoms with E-state index in [1.54, 1.807) is 22.1 Å². The molecular weight excluding hydrogens is 304 g/mol. The first-order chi connectivity index (χ1) is 10.4. The molecule has 1 saturated heterocycles. The average Bonchev–Trinajstić information content (AvgIpc) is 3.13. The summed E-state index contributed by atoms with van der Waals surface area (Å²) >= 11 is 0. The molecule has 3 rings (SSSR count). The average molecular weight is 328 g/mol. The van der Waals surface area contributed by atoms with Gasteiger partial charge in [-0.15, -0.1) is 0 Å². The lowest BCUT2D eigenvalue weighted by Gasteiger charge is -2.25. The molecular formula is C14H24N4O3S. The fraction of sp³-hybridized carbons (Fsp3) is 0.786. The molecule has 1 aromatic heterocycles. The van der Waals surface area contributed by atoms with E-state index >= 15 is 0 Å². The van der Waals surface area contributed by atoms with Crippen molar-refractivity contribution in [2.45, 2.75) is 30.0 Å². The van der Waals surface area contributed by atoms with E-state index in [4.69, 9.17) is 4.74 Å². The Balaban J connectivity index is 1.72. The highest BCUT2D eigenvalue weighted by molar-refractivity contribution is 7.89. The lowest BCUT2D eigenvalue weighted by molar-refractivity contribution is 0.0261. The van der Waals surface area contributed by atoms with E-state index in [2.05, 4.69) is 9.88 Å². The van der Waals surface area contributed by atoms with Gasteiger partial charge in [0.25, 0.3) is 10.0 Å². The van der Waals surface area contributed by atoms with Crippen LogP contribution < -0.4 is 0 Å². The van der Waals surface area contributed by atoms with Gasteiger partial charge in [-0.25, -0.2) is 13.4 Å². The first-order valence-electron chi connectivity index (χ1n) is 7.65. The number of aromatic nitrogens is 2. The number of fused-ring (bicyclic) bond motifs is 2. The maximum Gasteiger partial charge on any atom is 0.262 e. The number of likely N-dealkylation sites (N-methyl/N-ethyl adjacent to an activating group) is 1. The molecule has 2 heterocycles. The molecule has 0 radical (unpaired) electrons. The van der Waals surface area contributed by atoms with Crippen molar-refractivity contribution in [3.8, 4) is 0 Å². The predicted molar refractivity (Wildman–Crippen MR) is 81.9 cm³/mol. The summed E-state index contributed by atoms with van der Waals surface area (Å²) in [5.74, 6) is 0.311. The second-order valence-corrected chi connectivity index (χ2v) is 8.33. The van der Waals surface area contributed by atoms with Crippen LogP contribution in [-0.4, -0.2) is 73.1 Å². The Kier molecular flexibility index (Phi) is 4.28. The van der Waals surface area contributed by atoms with E-state index in [1.165, 1.54) is 6.33 Å². The summed E-state index contributed by atoms with van der Waals surface area (Å²) in [6, 6.07) is -0.0424. The van der Waals surface area contributed by atoms with Gasteiger partial charge >= 0.3 is 0 Å². The van der Waals surface area contributed by atoms with Gasteiger partial charge in [-0.1, -0.05) is 0 Å². The lowest BCUT2D eigenvalue weighted by Crippen LogP contribution is -2.40. The van der Waals surface area contributed by atoms with Crippen LogP contribution in [0, 0.1) is 5.92 Å². The maximum atomic E-state index is 12.8. The van der Waals surface area contributed by atoms with Crippen molar-refractivity contribution in [1.29, 1.82) is 0 Å². The Morgan fingerprint density at radius 1 is 1.41 bits per heavy atom. The Labute approximate surface area is 131 Å². The van der Waals surface area contributed by atoms with Crippen molar-refractivity contribution in [1.82, 2.24) is 18.8 Å². The first kappa shape index (κ1) is 15.9. The summed E-state index contributed by atoms with van der Waals surface area (Å²) in [7, 11) is 2.27. The number of sulfonamides is 1. The van der Waals surface area contributed by atoms with Crippen LogP contribution in [0.1, 0.15) is 12.8 Å². The molecule has 0 amide bonds. The Morgan fingerprint density at radius 2 is 2.18 bits per heavy atom. The highest BCUT2D eigenvalue weighted by Gasteiger charge is 2.52. The van der Waals surface area contributed by atoms with Crippen molar-refractivity contribution in [2.75, 3.05) is 33.8 Å². The van der Waals surface area contributed by atoms with Crippen molar-refractivity contribution in [3.05, 3.63) is 12.5 Å². The molecule has 7 nitrogen and oxygen atoms in total. The summed E-state index contributed by atoms with van der Waals surface area (Å²) in [6.07, 6.45) is 5.03. The van der Waals surface area contributed by atoms with E-state index in [0.717, 1.165) is 19.4 Å². The minimum atomic E-state index is -3.51. The van der Waals surface area contributed by atoms with Gasteiger partial charge in [0.1, 0.15) is 0 Å². The number of rotatable bonds is 6. The molecule has 3 unspecified atom stereocenters. The lowest BCUT2D eigenvalue weighted by atomic mass is 10.1. The van der Waals surface area contributed by atoms with Gasteiger partial charge in [0.2, 0.25) is 0 Å². The smallest absolute Gasteiger partial charge is 0.262 e. The molecule has 2 bridgehead atoms. The van der Waals surface area contributed by atoms with E-state index in [-0.39, 0.29) is 17.2 Å². The van der Waals surface area contributed by atoms with E-state index in [0.29, 0.717) is 19.1 Å². The standard InChI is InChI=1S/C14H24N4O3S/c1-16(2)6-7-21-14-11-4-5-12(14)18(8-11)22(19,20)13-9-17(3)10-15-13/h9-12,14H,4-8H2,1-3H3. The molecule has 2 aliphatic rings. The number of aryl methyl sites for hydroxylation is 1. The molecule has 0 aromatic carbocycles. The van der Waals surface area contributed by atoms with Gasteiger partial charge in [0, 0.05) is 32.3 Å². The monoisotopic (exact) mass is 328 g/mol. The second kappa shape index (κ2) is 5.92. The molecule has 2 fully saturated rings. The molecule has 1 saturated carbocycles. The molecule has 1 aliphatic heterocycles.